The predicted octanol–water partition coefficient (Wildman–Crippen LogP) is 0.958. The molecule has 1 saturated heterocycles. The van der Waals surface area contributed by atoms with E-state index in [0.29, 0.717) is 12.3 Å². The molecule has 1 amide bonds. The van der Waals surface area contributed by atoms with Crippen LogP contribution in [-0.4, -0.2) is 45.0 Å². The van der Waals surface area contributed by atoms with Gasteiger partial charge in [-0.25, -0.2) is 9.97 Å². The lowest BCUT2D eigenvalue weighted by Gasteiger charge is -2.14. The standard InChI is InChI=1S/C12H14N4O2/c1-2-16-6-4-9(12(16)17)18-11-10-8(3-5-13-11)14-7-15-10/h3,5,7,9H,2,4,6H2,1H3,(H,14,15). The third-order valence-electron chi connectivity index (χ3n) is 3.19. The highest BCUT2D eigenvalue weighted by molar-refractivity contribution is 5.84. The van der Waals surface area contributed by atoms with Gasteiger partial charge in [0.2, 0.25) is 5.88 Å². The van der Waals surface area contributed by atoms with Crippen molar-refractivity contribution in [3.63, 3.8) is 0 Å². The van der Waals surface area contributed by atoms with Crippen molar-refractivity contribution in [3.8, 4) is 5.88 Å². The molecule has 3 rings (SSSR count). The minimum Gasteiger partial charge on any atom is -0.463 e. The molecular formula is C12H14N4O2. The van der Waals surface area contributed by atoms with E-state index in [1.54, 1.807) is 23.5 Å². The lowest BCUT2D eigenvalue weighted by Crippen LogP contribution is -2.32. The van der Waals surface area contributed by atoms with Gasteiger partial charge in [-0.3, -0.25) is 4.79 Å². The molecule has 1 N–H and O–H groups in total. The molecule has 6 heteroatoms. The van der Waals surface area contributed by atoms with Crippen molar-refractivity contribution in [1.82, 2.24) is 19.9 Å². The highest BCUT2D eigenvalue weighted by atomic mass is 16.5. The number of H-pyrrole nitrogens is 1. The summed E-state index contributed by atoms with van der Waals surface area (Å²) in [6, 6.07) is 1.80. The van der Waals surface area contributed by atoms with Gasteiger partial charge in [0.25, 0.3) is 5.91 Å². The zero-order chi connectivity index (χ0) is 12.5. The third-order valence-corrected chi connectivity index (χ3v) is 3.19. The van der Waals surface area contributed by atoms with E-state index in [1.165, 1.54) is 0 Å². The van der Waals surface area contributed by atoms with Crippen LogP contribution in [0.5, 0.6) is 5.88 Å². The van der Waals surface area contributed by atoms with Crippen molar-refractivity contribution in [2.24, 2.45) is 0 Å². The van der Waals surface area contributed by atoms with E-state index < -0.39 is 6.10 Å². The summed E-state index contributed by atoms with van der Waals surface area (Å²) in [5, 5.41) is 0. The smallest absolute Gasteiger partial charge is 0.263 e. The average Bonchev–Trinajstić information content (AvgIpc) is 2.98. The maximum Gasteiger partial charge on any atom is 0.263 e. The normalized spacial score (nSPS) is 19.7. The van der Waals surface area contributed by atoms with Crippen LogP contribution in [0.3, 0.4) is 0 Å². The molecule has 1 unspecified atom stereocenters. The van der Waals surface area contributed by atoms with Crippen LogP contribution in [0, 0.1) is 0 Å². The number of carbonyl (C=O) groups is 1. The number of hydrogen-bond donors (Lipinski definition) is 1. The van der Waals surface area contributed by atoms with Gasteiger partial charge in [-0.1, -0.05) is 0 Å². The number of fused-ring (bicyclic) bond motifs is 1. The molecule has 0 saturated carbocycles. The Morgan fingerprint density at radius 1 is 1.56 bits per heavy atom. The summed E-state index contributed by atoms with van der Waals surface area (Å²) in [7, 11) is 0. The summed E-state index contributed by atoms with van der Waals surface area (Å²) in [5.74, 6) is 0.483. The van der Waals surface area contributed by atoms with Gasteiger partial charge in [-0.15, -0.1) is 0 Å². The van der Waals surface area contributed by atoms with Crippen LogP contribution in [0.2, 0.25) is 0 Å². The van der Waals surface area contributed by atoms with Crippen LogP contribution in [-0.2, 0) is 4.79 Å². The molecule has 2 aromatic rings. The summed E-state index contributed by atoms with van der Waals surface area (Å²) >= 11 is 0. The zero-order valence-electron chi connectivity index (χ0n) is 10.1. The van der Waals surface area contributed by atoms with Crippen molar-refractivity contribution in [1.29, 1.82) is 0 Å². The first-order chi connectivity index (χ1) is 8.79. The Morgan fingerprint density at radius 2 is 2.44 bits per heavy atom. The number of aromatic amines is 1. The predicted molar refractivity (Wildman–Crippen MR) is 65.2 cm³/mol. The minimum atomic E-state index is -0.425. The third kappa shape index (κ3) is 1.70. The number of nitrogens with zero attached hydrogens (tertiary/aromatic N) is 3. The molecule has 0 aromatic carbocycles. The SMILES string of the molecule is CCN1CCC(Oc2nccc3nc[nH]c23)C1=O. The van der Waals surface area contributed by atoms with Gasteiger partial charge in [0.1, 0.15) is 5.52 Å². The number of aromatic nitrogens is 3. The molecule has 3 heterocycles. The molecule has 0 bridgehead atoms. The molecule has 0 aliphatic carbocycles. The number of nitrogens with one attached hydrogen (secondary N) is 1. The van der Waals surface area contributed by atoms with Crippen molar-refractivity contribution in [2.75, 3.05) is 13.1 Å². The summed E-state index contributed by atoms with van der Waals surface area (Å²) < 4.78 is 5.72. The van der Waals surface area contributed by atoms with Crippen LogP contribution in [0.25, 0.3) is 11.0 Å². The van der Waals surface area contributed by atoms with Crippen LogP contribution in [0.4, 0.5) is 0 Å². The molecular weight excluding hydrogens is 232 g/mol. The maximum absolute atomic E-state index is 12.0. The number of pyridine rings is 1. The Balaban J connectivity index is 1.85. The number of likely N-dealkylation sites (N-methyl/N-ethyl adjacent to an activating group) is 1. The number of hydrogen-bond acceptors (Lipinski definition) is 4. The summed E-state index contributed by atoms with van der Waals surface area (Å²) in [5.41, 5.74) is 1.53. The van der Waals surface area contributed by atoms with E-state index in [1.807, 2.05) is 6.92 Å². The van der Waals surface area contributed by atoms with Crippen molar-refractivity contribution >= 4 is 16.9 Å². The average molecular weight is 246 g/mol. The second kappa shape index (κ2) is 4.29. The number of amides is 1. The molecule has 1 atom stereocenters. The first-order valence-corrected chi connectivity index (χ1v) is 6.03. The Morgan fingerprint density at radius 3 is 3.22 bits per heavy atom. The van der Waals surface area contributed by atoms with Crippen LogP contribution < -0.4 is 4.74 Å². The van der Waals surface area contributed by atoms with Crippen LogP contribution in [0.15, 0.2) is 18.6 Å². The van der Waals surface area contributed by atoms with E-state index in [2.05, 4.69) is 15.0 Å². The van der Waals surface area contributed by atoms with Crippen LogP contribution in [0.1, 0.15) is 13.3 Å². The van der Waals surface area contributed by atoms with Crippen LogP contribution >= 0.6 is 0 Å². The van der Waals surface area contributed by atoms with E-state index in [-0.39, 0.29) is 5.91 Å². The molecule has 2 aromatic heterocycles. The molecule has 1 aliphatic heterocycles. The Labute approximate surface area is 104 Å². The topological polar surface area (TPSA) is 71.1 Å². The summed E-state index contributed by atoms with van der Waals surface area (Å²) in [6.07, 6.45) is 3.51. The molecule has 0 spiro atoms. The molecule has 1 aliphatic rings. The van der Waals surface area contributed by atoms with Crippen molar-refractivity contribution in [2.45, 2.75) is 19.4 Å². The van der Waals surface area contributed by atoms with E-state index in [4.69, 9.17) is 4.74 Å². The number of imidazole rings is 1. The quantitative estimate of drug-likeness (QED) is 0.875. The number of likely N-dealkylation sites (tertiary alicyclic amines) is 1. The number of ether oxygens (including phenoxy) is 1. The minimum absolute atomic E-state index is 0.0378. The van der Waals surface area contributed by atoms with Crippen molar-refractivity contribution in [3.05, 3.63) is 18.6 Å². The maximum atomic E-state index is 12.0. The van der Waals surface area contributed by atoms with Gasteiger partial charge in [0.15, 0.2) is 6.10 Å². The molecule has 1 fully saturated rings. The van der Waals surface area contributed by atoms with E-state index >= 15 is 0 Å². The second-order valence-electron chi connectivity index (χ2n) is 4.23. The number of carbonyl (C=O) groups excluding carboxylic acids is 1. The van der Waals surface area contributed by atoms with Gasteiger partial charge in [-0.2, -0.15) is 0 Å². The van der Waals surface area contributed by atoms with Gasteiger partial charge in [0.05, 0.1) is 11.8 Å². The lowest BCUT2D eigenvalue weighted by atomic mass is 10.3. The fraction of sp³-hybridized carbons (Fsp3) is 0.417. The van der Waals surface area contributed by atoms with Gasteiger partial charge >= 0.3 is 0 Å². The largest absolute Gasteiger partial charge is 0.463 e. The lowest BCUT2D eigenvalue weighted by molar-refractivity contribution is -0.133. The monoisotopic (exact) mass is 246 g/mol. The first-order valence-electron chi connectivity index (χ1n) is 6.03. The first kappa shape index (κ1) is 11.0. The van der Waals surface area contributed by atoms with Gasteiger partial charge in [0, 0.05) is 25.7 Å². The molecule has 94 valence electrons. The van der Waals surface area contributed by atoms with Crippen molar-refractivity contribution < 1.29 is 9.53 Å². The Kier molecular flexibility index (Phi) is 2.62. The fourth-order valence-electron chi connectivity index (χ4n) is 2.20. The van der Waals surface area contributed by atoms with Gasteiger partial charge < -0.3 is 14.6 Å². The van der Waals surface area contributed by atoms with Gasteiger partial charge in [-0.05, 0) is 13.0 Å². The molecule has 0 radical (unpaired) electrons. The van der Waals surface area contributed by atoms with E-state index in [0.717, 1.165) is 24.1 Å². The number of rotatable bonds is 3. The Bertz CT molecular complexity index is 580. The summed E-state index contributed by atoms with van der Waals surface area (Å²) in [4.78, 5) is 25.0. The molecule has 18 heavy (non-hydrogen) atoms. The van der Waals surface area contributed by atoms with E-state index in [9.17, 15) is 4.79 Å². The summed E-state index contributed by atoms with van der Waals surface area (Å²) in [6.45, 7) is 3.44. The Hall–Kier alpha value is -2.11. The molecule has 6 nitrogen and oxygen atoms in total. The fourth-order valence-corrected chi connectivity index (χ4v) is 2.20. The second-order valence-corrected chi connectivity index (χ2v) is 4.23. The highest BCUT2D eigenvalue weighted by Crippen LogP contribution is 2.23. The zero-order valence-corrected chi connectivity index (χ0v) is 10.1. The highest BCUT2D eigenvalue weighted by Gasteiger charge is 2.33.